The van der Waals surface area contributed by atoms with Gasteiger partial charge < -0.3 is 9.84 Å². The number of fused-ring (bicyclic) bond motifs is 5. The van der Waals surface area contributed by atoms with Crippen LogP contribution in [0, 0.1) is 17.3 Å². The Kier molecular flexibility index (Phi) is 4.00. The highest BCUT2D eigenvalue weighted by Crippen LogP contribution is 2.65. The predicted molar refractivity (Wildman–Crippen MR) is 108 cm³/mol. The van der Waals surface area contributed by atoms with Crippen LogP contribution in [-0.2, 0) is 6.42 Å². The van der Waals surface area contributed by atoms with Crippen LogP contribution in [0.2, 0.25) is 0 Å². The number of phenolic OH excluding ortho intramolecular Hbond substituents is 1. The van der Waals surface area contributed by atoms with Gasteiger partial charge in [-0.1, -0.05) is 25.1 Å². The Hall–Kier alpha value is -1.96. The summed E-state index contributed by atoms with van der Waals surface area (Å²) in [5.74, 6) is 4.38. The van der Waals surface area contributed by atoms with Crippen molar-refractivity contribution in [1.82, 2.24) is 0 Å². The summed E-state index contributed by atoms with van der Waals surface area (Å²) >= 11 is 0. The third kappa shape index (κ3) is 2.60. The number of hydrogen-bond donors (Lipinski definition) is 1. The third-order valence-electron chi connectivity index (χ3n) is 8.23. The van der Waals surface area contributed by atoms with E-state index in [0.29, 0.717) is 23.0 Å². The third-order valence-corrected chi connectivity index (χ3v) is 8.23. The Morgan fingerprint density at radius 3 is 2.59 bits per heavy atom. The lowest BCUT2D eigenvalue weighted by Gasteiger charge is -2.51. The number of phenols is 1. The number of methoxy groups -OCH3 is 1. The minimum atomic E-state index is 0.421. The van der Waals surface area contributed by atoms with E-state index in [-0.39, 0.29) is 0 Å². The van der Waals surface area contributed by atoms with Crippen LogP contribution in [0.1, 0.15) is 67.6 Å². The second kappa shape index (κ2) is 6.29. The first-order valence-electron chi connectivity index (χ1n) is 10.6. The summed E-state index contributed by atoms with van der Waals surface area (Å²) in [5.41, 5.74) is 4.84. The van der Waals surface area contributed by atoms with Crippen LogP contribution in [0.3, 0.4) is 0 Å². The molecule has 1 N–H and O–H groups in total. The number of rotatable bonds is 2. The Balaban J connectivity index is 1.45. The van der Waals surface area contributed by atoms with Crippen molar-refractivity contribution in [2.45, 2.75) is 57.3 Å². The molecule has 5 rings (SSSR count). The van der Waals surface area contributed by atoms with Crippen LogP contribution < -0.4 is 4.74 Å². The van der Waals surface area contributed by atoms with Crippen LogP contribution >= 0.6 is 0 Å². The number of benzene rings is 2. The molecule has 0 amide bonds. The zero-order valence-corrected chi connectivity index (χ0v) is 16.4. The highest BCUT2D eigenvalue weighted by molar-refractivity contribution is 5.40. The maximum Gasteiger partial charge on any atom is 0.118 e. The first kappa shape index (κ1) is 17.2. The van der Waals surface area contributed by atoms with E-state index in [1.54, 1.807) is 7.11 Å². The second-order valence-corrected chi connectivity index (χ2v) is 9.25. The van der Waals surface area contributed by atoms with Gasteiger partial charge in [0.25, 0.3) is 0 Å². The fraction of sp³-hybridized carbons (Fsp3) is 0.520. The number of aromatic hydroxyl groups is 1. The molecule has 2 heteroatoms. The molecule has 2 fully saturated rings. The summed E-state index contributed by atoms with van der Waals surface area (Å²) in [6.07, 6.45) is 7.71. The van der Waals surface area contributed by atoms with Gasteiger partial charge in [-0.3, -0.25) is 0 Å². The lowest BCUT2D eigenvalue weighted by molar-refractivity contribution is 0.0481. The van der Waals surface area contributed by atoms with E-state index in [1.807, 2.05) is 12.1 Å². The van der Waals surface area contributed by atoms with Gasteiger partial charge in [-0.15, -0.1) is 0 Å². The van der Waals surface area contributed by atoms with Crippen molar-refractivity contribution < 1.29 is 9.84 Å². The van der Waals surface area contributed by atoms with E-state index >= 15 is 0 Å². The van der Waals surface area contributed by atoms with E-state index in [1.165, 1.54) is 48.8 Å². The van der Waals surface area contributed by atoms with Gasteiger partial charge in [0.05, 0.1) is 7.11 Å². The van der Waals surface area contributed by atoms with Crippen molar-refractivity contribution in [3.8, 4) is 11.5 Å². The number of hydrogen-bond acceptors (Lipinski definition) is 2. The van der Waals surface area contributed by atoms with Crippen LogP contribution in [0.4, 0.5) is 0 Å². The maximum atomic E-state index is 9.86. The molecule has 2 aromatic carbocycles. The average molecular weight is 363 g/mol. The standard InChI is InChI=1S/C25H30O2/c1-25-14-13-21-20-10-6-18(26)15-17(20)5-9-22(21)24(25)12-11-23(25)16-3-7-19(27-2)8-4-16/h3-4,6-8,10,15,21-24,26H,5,9,11-14H2,1-2H3/t21-,22-,23+,24+,25-/m1/s1. The quantitative estimate of drug-likeness (QED) is 0.705. The van der Waals surface area contributed by atoms with Crippen molar-refractivity contribution in [1.29, 1.82) is 0 Å². The van der Waals surface area contributed by atoms with Gasteiger partial charge in [-0.05, 0) is 109 Å². The Morgan fingerprint density at radius 2 is 1.81 bits per heavy atom. The molecule has 0 aromatic heterocycles. The summed E-state index contributed by atoms with van der Waals surface area (Å²) in [6, 6.07) is 14.9. The molecule has 5 atom stereocenters. The molecule has 0 radical (unpaired) electrons. The lowest BCUT2D eigenvalue weighted by atomic mass is 9.53. The molecule has 0 heterocycles. The van der Waals surface area contributed by atoms with Gasteiger partial charge in [0, 0.05) is 0 Å². The molecule has 2 nitrogen and oxygen atoms in total. The van der Waals surface area contributed by atoms with E-state index in [9.17, 15) is 5.11 Å². The van der Waals surface area contributed by atoms with Crippen LogP contribution in [0.15, 0.2) is 42.5 Å². The Bertz CT molecular complexity index is 840. The summed E-state index contributed by atoms with van der Waals surface area (Å²) < 4.78 is 5.36. The maximum absolute atomic E-state index is 9.86. The van der Waals surface area contributed by atoms with Crippen molar-refractivity contribution >= 4 is 0 Å². The largest absolute Gasteiger partial charge is 0.508 e. The van der Waals surface area contributed by atoms with Gasteiger partial charge in [-0.25, -0.2) is 0 Å². The Labute approximate surface area is 162 Å². The molecule has 3 aliphatic carbocycles. The van der Waals surface area contributed by atoms with Crippen molar-refractivity contribution in [3.05, 3.63) is 59.2 Å². The fourth-order valence-corrected chi connectivity index (χ4v) is 6.95. The van der Waals surface area contributed by atoms with Gasteiger partial charge in [0.15, 0.2) is 0 Å². The van der Waals surface area contributed by atoms with E-state index < -0.39 is 0 Å². The normalized spacial score (nSPS) is 34.4. The summed E-state index contributed by atoms with van der Waals surface area (Å²) in [5, 5.41) is 9.86. The van der Waals surface area contributed by atoms with Crippen molar-refractivity contribution in [2.24, 2.45) is 17.3 Å². The first-order valence-corrected chi connectivity index (χ1v) is 10.6. The molecular weight excluding hydrogens is 332 g/mol. The fourth-order valence-electron chi connectivity index (χ4n) is 6.95. The summed E-state index contributed by atoms with van der Waals surface area (Å²) in [7, 11) is 1.74. The Morgan fingerprint density at radius 1 is 1.00 bits per heavy atom. The highest BCUT2D eigenvalue weighted by atomic mass is 16.5. The minimum absolute atomic E-state index is 0.421. The van der Waals surface area contributed by atoms with Gasteiger partial charge in [0.1, 0.15) is 11.5 Å². The zero-order chi connectivity index (χ0) is 18.6. The van der Waals surface area contributed by atoms with Gasteiger partial charge in [0.2, 0.25) is 0 Å². The second-order valence-electron chi connectivity index (χ2n) is 9.25. The average Bonchev–Trinajstić information content (AvgIpc) is 3.05. The molecule has 3 aliphatic rings. The monoisotopic (exact) mass is 362 g/mol. The molecule has 0 aliphatic heterocycles. The van der Waals surface area contributed by atoms with Crippen molar-refractivity contribution in [2.75, 3.05) is 7.11 Å². The van der Waals surface area contributed by atoms with Crippen LogP contribution in [0.25, 0.3) is 0 Å². The summed E-state index contributed by atoms with van der Waals surface area (Å²) in [6.45, 7) is 2.57. The predicted octanol–water partition coefficient (Wildman–Crippen LogP) is 6.04. The van der Waals surface area contributed by atoms with Crippen LogP contribution in [-0.4, -0.2) is 12.2 Å². The van der Waals surface area contributed by atoms with E-state index in [0.717, 1.165) is 24.0 Å². The molecule has 0 spiro atoms. The molecule has 0 unspecified atom stereocenters. The highest BCUT2D eigenvalue weighted by Gasteiger charge is 2.54. The summed E-state index contributed by atoms with van der Waals surface area (Å²) in [4.78, 5) is 0. The SMILES string of the molecule is COc1ccc([C@@H]2CC[C@H]3[C@@H]4CCc5cc(O)ccc5[C@H]4CC[C@]23C)cc1. The molecule has 2 saturated carbocycles. The molecular formula is C25H30O2. The van der Waals surface area contributed by atoms with E-state index in [4.69, 9.17) is 4.74 Å². The topological polar surface area (TPSA) is 29.5 Å². The van der Waals surface area contributed by atoms with Gasteiger partial charge >= 0.3 is 0 Å². The van der Waals surface area contributed by atoms with Crippen LogP contribution in [0.5, 0.6) is 11.5 Å². The van der Waals surface area contributed by atoms with Gasteiger partial charge in [-0.2, -0.15) is 0 Å². The minimum Gasteiger partial charge on any atom is -0.508 e. The molecule has 27 heavy (non-hydrogen) atoms. The van der Waals surface area contributed by atoms with Crippen molar-refractivity contribution in [3.63, 3.8) is 0 Å². The van der Waals surface area contributed by atoms with E-state index in [2.05, 4.69) is 37.3 Å². The molecule has 0 saturated heterocycles. The molecule has 142 valence electrons. The number of aryl methyl sites for hydroxylation is 1. The smallest absolute Gasteiger partial charge is 0.118 e. The zero-order valence-electron chi connectivity index (χ0n) is 16.4. The number of ether oxygens (including phenoxy) is 1. The lowest BCUT2D eigenvalue weighted by Crippen LogP contribution is -2.41. The molecule has 2 aromatic rings. The molecule has 0 bridgehead atoms. The first-order chi connectivity index (χ1) is 13.1.